The van der Waals surface area contributed by atoms with Crippen molar-refractivity contribution >= 4 is 33.2 Å². The molecule has 118 valence electrons. The minimum absolute atomic E-state index is 0.211. The highest BCUT2D eigenvalue weighted by Gasteiger charge is 2.12. The Bertz CT molecular complexity index is 830. The fraction of sp³-hybridized carbons (Fsp3) is 0.133. The predicted molar refractivity (Wildman–Crippen MR) is 90.8 cm³/mol. The zero-order valence-corrected chi connectivity index (χ0v) is 14.4. The maximum Gasteiger partial charge on any atom is 0.263 e. The molecule has 0 spiro atoms. The van der Waals surface area contributed by atoms with E-state index in [0.717, 1.165) is 15.0 Å². The minimum Gasteiger partial charge on any atom is -0.439 e. The van der Waals surface area contributed by atoms with Crippen LogP contribution in [0.2, 0.25) is 0 Å². The van der Waals surface area contributed by atoms with E-state index in [-0.39, 0.29) is 12.5 Å². The van der Waals surface area contributed by atoms with E-state index in [1.54, 1.807) is 6.20 Å². The minimum atomic E-state index is -0.218. The number of carbonyl (C=O) groups is 1. The second-order valence-corrected chi connectivity index (χ2v) is 6.66. The number of oxazole rings is 1. The Balaban J connectivity index is 1.64. The number of thiazole rings is 1. The van der Waals surface area contributed by atoms with Gasteiger partial charge in [0.2, 0.25) is 5.89 Å². The lowest BCUT2D eigenvalue weighted by molar-refractivity contribution is 0.0951. The maximum absolute atomic E-state index is 12.0. The van der Waals surface area contributed by atoms with Crippen molar-refractivity contribution < 1.29 is 9.21 Å². The molecule has 1 aromatic carbocycles. The number of carbonyl (C=O) groups excluding carboxylic acids is 1. The van der Waals surface area contributed by atoms with Crippen molar-refractivity contribution in [1.82, 2.24) is 15.3 Å². The van der Waals surface area contributed by atoms with E-state index in [4.69, 9.17) is 10.2 Å². The molecule has 23 heavy (non-hydrogen) atoms. The third-order valence-electron chi connectivity index (χ3n) is 3.01. The number of nitrogens with one attached hydrogen (secondary N) is 1. The van der Waals surface area contributed by atoms with Gasteiger partial charge in [-0.05, 0) is 12.1 Å². The Labute approximate surface area is 144 Å². The van der Waals surface area contributed by atoms with Gasteiger partial charge in [-0.15, -0.1) is 11.3 Å². The average Bonchev–Trinajstić information content (AvgIpc) is 3.22. The molecule has 0 saturated heterocycles. The van der Waals surface area contributed by atoms with Crippen LogP contribution in [0.1, 0.15) is 20.6 Å². The fourth-order valence-electron chi connectivity index (χ4n) is 1.92. The van der Waals surface area contributed by atoms with Gasteiger partial charge in [0, 0.05) is 16.6 Å². The van der Waals surface area contributed by atoms with Crippen LogP contribution in [0.3, 0.4) is 0 Å². The number of aromatic nitrogens is 2. The number of benzene rings is 1. The van der Waals surface area contributed by atoms with Crippen molar-refractivity contribution in [2.45, 2.75) is 13.1 Å². The first-order chi connectivity index (χ1) is 11.2. The summed E-state index contributed by atoms with van der Waals surface area (Å²) < 4.78 is 6.62. The summed E-state index contributed by atoms with van der Waals surface area (Å²) in [5.41, 5.74) is 6.40. The Morgan fingerprint density at radius 1 is 1.35 bits per heavy atom. The number of hydrogen-bond acceptors (Lipinski definition) is 6. The molecule has 0 radical (unpaired) electrons. The summed E-state index contributed by atoms with van der Waals surface area (Å²) in [5.74, 6) is 0.875. The van der Waals surface area contributed by atoms with Crippen LogP contribution in [-0.4, -0.2) is 15.9 Å². The summed E-state index contributed by atoms with van der Waals surface area (Å²) >= 11 is 4.69. The molecule has 0 bridgehead atoms. The van der Waals surface area contributed by atoms with Gasteiger partial charge in [-0.2, -0.15) is 0 Å². The van der Waals surface area contributed by atoms with Crippen molar-refractivity contribution in [1.29, 1.82) is 0 Å². The van der Waals surface area contributed by atoms with Gasteiger partial charge in [0.15, 0.2) is 5.76 Å². The normalized spacial score (nSPS) is 10.7. The average molecular weight is 393 g/mol. The van der Waals surface area contributed by atoms with Gasteiger partial charge >= 0.3 is 0 Å². The fourth-order valence-corrected chi connectivity index (χ4v) is 3.03. The Morgan fingerprint density at radius 2 is 2.22 bits per heavy atom. The van der Waals surface area contributed by atoms with Gasteiger partial charge in [0.25, 0.3) is 5.91 Å². The standard InChI is InChI=1S/C15H13BrN4O2S/c16-10-3-1-2-9(4-10)11-6-18-13(22-11)8-20-15(21)12-7-19-14(5-17)23-12/h1-4,6-7H,5,8,17H2,(H,20,21). The summed E-state index contributed by atoms with van der Waals surface area (Å²) in [6.07, 6.45) is 3.16. The molecule has 0 saturated carbocycles. The Hall–Kier alpha value is -2.03. The van der Waals surface area contributed by atoms with Gasteiger partial charge in [-0.1, -0.05) is 28.1 Å². The summed E-state index contributed by atoms with van der Waals surface area (Å²) in [6, 6.07) is 7.72. The van der Waals surface area contributed by atoms with Crippen molar-refractivity contribution in [2.75, 3.05) is 0 Å². The number of amides is 1. The molecule has 0 atom stereocenters. The first kappa shape index (κ1) is 15.9. The maximum atomic E-state index is 12.0. The summed E-state index contributed by atoms with van der Waals surface area (Å²) in [6.45, 7) is 0.538. The lowest BCUT2D eigenvalue weighted by atomic mass is 10.2. The largest absolute Gasteiger partial charge is 0.439 e. The molecule has 1 amide bonds. The van der Waals surface area contributed by atoms with Crippen LogP contribution in [0.4, 0.5) is 0 Å². The number of halogens is 1. The highest BCUT2D eigenvalue weighted by Crippen LogP contribution is 2.23. The van der Waals surface area contributed by atoms with E-state index in [0.29, 0.717) is 23.1 Å². The van der Waals surface area contributed by atoms with Crippen LogP contribution in [0.15, 0.2) is 45.5 Å². The lowest BCUT2D eigenvalue weighted by Crippen LogP contribution is -2.21. The summed E-state index contributed by atoms with van der Waals surface area (Å²) in [7, 11) is 0. The number of hydrogen-bond donors (Lipinski definition) is 2. The van der Waals surface area contributed by atoms with E-state index in [1.165, 1.54) is 17.5 Å². The highest BCUT2D eigenvalue weighted by atomic mass is 79.9. The van der Waals surface area contributed by atoms with E-state index in [9.17, 15) is 4.79 Å². The van der Waals surface area contributed by atoms with E-state index in [1.807, 2.05) is 24.3 Å². The second kappa shape index (κ2) is 7.03. The Morgan fingerprint density at radius 3 is 2.96 bits per heavy atom. The molecule has 8 heteroatoms. The van der Waals surface area contributed by atoms with Gasteiger partial charge in [-0.25, -0.2) is 9.97 Å². The topological polar surface area (TPSA) is 94.0 Å². The molecule has 0 fully saturated rings. The van der Waals surface area contributed by atoms with Gasteiger partial charge < -0.3 is 15.5 Å². The number of rotatable bonds is 5. The zero-order valence-electron chi connectivity index (χ0n) is 12.0. The molecular weight excluding hydrogens is 380 g/mol. The molecule has 2 heterocycles. The second-order valence-electron chi connectivity index (χ2n) is 4.63. The van der Waals surface area contributed by atoms with Crippen molar-refractivity contribution in [3.05, 3.63) is 56.9 Å². The van der Waals surface area contributed by atoms with Crippen molar-refractivity contribution in [3.63, 3.8) is 0 Å². The van der Waals surface area contributed by atoms with Crippen LogP contribution in [0.25, 0.3) is 11.3 Å². The molecule has 0 aliphatic heterocycles. The van der Waals surface area contributed by atoms with Crippen molar-refractivity contribution in [2.24, 2.45) is 5.73 Å². The van der Waals surface area contributed by atoms with Crippen LogP contribution in [0, 0.1) is 0 Å². The quantitative estimate of drug-likeness (QED) is 0.695. The summed E-state index contributed by atoms with van der Waals surface area (Å²) in [5, 5.41) is 3.48. The predicted octanol–water partition coefficient (Wildman–Crippen LogP) is 2.95. The zero-order chi connectivity index (χ0) is 16.2. The van der Waals surface area contributed by atoms with Gasteiger partial charge in [-0.3, -0.25) is 4.79 Å². The third-order valence-corrected chi connectivity index (χ3v) is 4.53. The molecule has 0 aliphatic rings. The first-order valence-corrected chi connectivity index (χ1v) is 8.40. The van der Waals surface area contributed by atoms with Gasteiger partial charge in [0.05, 0.1) is 18.9 Å². The third kappa shape index (κ3) is 3.84. The smallest absolute Gasteiger partial charge is 0.263 e. The molecule has 3 aromatic rings. The molecular formula is C15H13BrN4O2S. The van der Waals surface area contributed by atoms with Crippen LogP contribution in [-0.2, 0) is 13.1 Å². The molecule has 6 nitrogen and oxygen atoms in total. The van der Waals surface area contributed by atoms with Crippen LogP contribution in [0.5, 0.6) is 0 Å². The van der Waals surface area contributed by atoms with Crippen LogP contribution < -0.4 is 11.1 Å². The van der Waals surface area contributed by atoms with E-state index < -0.39 is 0 Å². The molecule has 2 aromatic heterocycles. The number of nitrogens with zero attached hydrogens (tertiary/aromatic N) is 2. The number of nitrogens with two attached hydrogens (primary N) is 1. The molecule has 0 unspecified atom stereocenters. The SMILES string of the molecule is NCc1ncc(C(=O)NCc2ncc(-c3cccc(Br)c3)o2)s1. The molecule has 0 aliphatic carbocycles. The van der Waals surface area contributed by atoms with Crippen LogP contribution >= 0.6 is 27.3 Å². The lowest BCUT2D eigenvalue weighted by Gasteiger charge is -2.00. The highest BCUT2D eigenvalue weighted by molar-refractivity contribution is 9.10. The van der Waals surface area contributed by atoms with Gasteiger partial charge in [0.1, 0.15) is 9.88 Å². The van der Waals surface area contributed by atoms with E-state index >= 15 is 0 Å². The molecule has 3 N–H and O–H groups in total. The van der Waals surface area contributed by atoms with Crippen molar-refractivity contribution in [3.8, 4) is 11.3 Å². The monoisotopic (exact) mass is 392 g/mol. The first-order valence-electron chi connectivity index (χ1n) is 6.79. The summed E-state index contributed by atoms with van der Waals surface area (Å²) in [4.78, 5) is 20.8. The van der Waals surface area contributed by atoms with E-state index in [2.05, 4.69) is 31.2 Å². The molecule has 3 rings (SSSR count). The Kier molecular flexibility index (Phi) is 4.85.